The van der Waals surface area contributed by atoms with Crippen LogP contribution < -0.4 is 0 Å². The molecule has 16 heavy (non-hydrogen) atoms. The summed E-state index contributed by atoms with van der Waals surface area (Å²) in [6.07, 6.45) is 1.52. The first-order valence-electron chi connectivity index (χ1n) is 4.87. The highest BCUT2D eigenvalue weighted by molar-refractivity contribution is 9.10. The fourth-order valence-corrected chi connectivity index (χ4v) is 3.95. The lowest BCUT2D eigenvalue weighted by Crippen LogP contribution is -2.24. The average Bonchev–Trinajstić information content (AvgIpc) is 2.20. The van der Waals surface area contributed by atoms with Gasteiger partial charge in [-0.1, -0.05) is 11.6 Å². The summed E-state index contributed by atoms with van der Waals surface area (Å²) in [6, 6.07) is 1.75. The number of hydrogen-bond acceptors (Lipinski definition) is 4. The zero-order chi connectivity index (χ0) is 11.8. The van der Waals surface area contributed by atoms with E-state index in [9.17, 15) is 8.42 Å². The molecule has 88 valence electrons. The molecule has 0 aliphatic carbocycles. The van der Waals surface area contributed by atoms with Crippen molar-refractivity contribution in [2.45, 2.75) is 18.8 Å². The molecule has 1 atom stereocenters. The van der Waals surface area contributed by atoms with Crippen LogP contribution in [0.1, 0.15) is 24.5 Å². The Morgan fingerprint density at radius 2 is 2.19 bits per heavy atom. The van der Waals surface area contributed by atoms with Crippen molar-refractivity contribution in [1.29, 1.82) is 0 Å². The van der Waals surface area contributed by atoms with Crippen molar-refractivity contribution in [2.24, 2.45) is 0 Å². The third-order valence-electron chi connectivity index (χ3n) is 2.61. The van der Waals surface area contributed by atoms with E-state index in [1.807, 2.05) is 0 Å². The van der Waals surface area contributed by atoms with Crippen molar-refractivity contribution in [3.8, 4) is 0 Å². The molecule has 2 rings (SSSR count). The molecule has 1 aromatic rings. The average molecular weight is 326 g/mol. The second-order valence-electron chi connectivity index (χ2n) is 3.86. The largest absolute Gasteiger partial charge is 0.229 e. The van der Waals surface area contributed by atoms with E-state index in [1.54, 1.807) is 6.07 Å². The number of rotatable bonds is 1. The summed E-state index contributed by atoms with van der Waals surface area (Å²) in [5, 5.41) is 8.02. The van der Waals surface area contributed by atoms with Gasteiger partial charge in [-0.15, -0.1) is 5.10 Å². The highest BCUT2D eigenvalue weighted by atomic mass is 79.9. The molecule has 0 radical (unpaired) electrons. The maximum atomic E-state index is 11.5. The van der Waals surface area contributed by atoms with E-state index >= 15 is 0 Å². The van der Waals surface area contributed by atoms with Crippen molar-refractivity contribution in [3.05, 3.63) is 21.4 Å². The standard InChI is InChI=1S/C9H10BrClN2O2S/c10-7-4-8(12-13-9(7)11)6-2-1-3-16(14,15)5-6/h4,6H,1-3,5H2. The van der Waals surface area contributed by atoms with Gasteiger partial charge in [0.1, 0.15) is 0 Å². The lowest BCUT2D eigenvalue weighted by molar-refractivity contribution is 0.547. The fourth-order valence-electron chi connectivity index (χ4n) is 1.82. The quantitative estimate of drug-likeness (QED) is 0.794. The molecule has 0 aromatic carbocycles. The van der Waals surface area contributed by atoms with Gasteiger partial charge in [-0.3, -0.25) is 0 Å². The van der Waals surface area contributed by atoms with Gasteiger partial charge in [0.25, 0.3) is 0 Å². The summed E-state index contributed by atoms with van der Waals surface area (Å²) >= 11 is 8.99. The maximum Gasteiger partial charge on any atom is 0.165 e. The highest BCUT2D eigenvalue weighted by Crippen LogP contribution is 2.29. The Hall–Kier alpha value is -0.200. The van der Waals surface area contributed by atoms with Crippen molar-refractivity contribution < 1.29 is 8.42 Å². The Balaban J connectivity index is 2.27. The van der Waals surface area contributed by atoms with Gasteiger partial charge in [0.05, 0.1) is 21.7 Å². The van der Waals surface area contributed by atoms with Crippen LogP contribution in [0, 0.1) is 0 Å². The number of sulfone groups is 1. The molecule has 2 heterocycles. The van der Waals surface area contributed by atoms with Gasteiger partial charge in [0, 0.05) is 5.92 Å². The zero-order valence-corrected chi connectivity index (χ0v) is 11.5. The summed E-state index contributed by atoms with van der Waals surface area (Å²) in [5.74, 6) is 0.390. The Kier molecular flexibility index (Phi) is 3.51. The fraction of sp³-hybridized carbons (Fsp3) is 0.556. The minimum absolute atomic E-state index is 0.0557. The monoisotopic (exact) mass is 324 g/mol. The van der Waals surface area contributed by atoms with Gasteiger partial charge in [0.2, 0.25) is 0 Å². The summed E-state index contributed by atoms with van der Waals surface area (Å²) in [5.41, 5.74) is 0.694. The normalized spacial score (nSPS) is 24.2. The third-order valence-corrected chi connectivity index (χ3v) is 5.54. The van der Waals surface area contributed by atoms with Crippen LogP contribution in [0.3, 0.4) is 0 Å². The molecule has 0 N–H and O–H groups in total. The molecule has 0 spiro atoms. The van der Waals surface area contributed by atoms with Crippen LogP contribution in [0.2, 0.25) is 5.15 Å². The van der Waals surface area contributed by atoms with Gasteiger partial charge in [-0.25, -0.2) is 8.42 Å². The minimum Gasteiger partial charge on any atom is -0.229 e. The molecule has 1 saturated heterocycles. The smallest absolute Gasteiger partial charge is 0.165 e. The topological polar surface area (TPSA) is 59.9 Å². The zero-order valence-electron chi connectivity index (χ0n) is 8.36. The van der Waals surface area contributed by atoms with Gasteiger partial charge in [0.15, 0.2) is 15.0 Å². The Labute approximate surface area is 107 Å². The first-order chi connectivity index (χ1) is 7.48. The molecule has 1 aromatic heterocycles. The molecule has 1 unspecified atom stereocenters. The number of aromatic nitrogens is 2. The van der Waals surface area contributed by atoms with Crippen molar-refractivity contribution >= 4 is 37.4 Å². The molecular weight excluding hydrogens is 316 g/mol. The summed E-state index contributed by atoms with van der Waals surface area (Å²) in [7, 11) is -2.92. The van der Waals surface area contributed by atoms with Gasteiger partial charge in [-0.05, 0) is 34.8 Å². The summed E-state index contributed by atoms with van der Waals surface area (Å²) in [4.78, 5) is 0. The number of nitrogens with zero attached hydrogens (tertiary/aromatic N) is 2. The van der Waals surface area contributed by atoms with E-state index in [0.29, 0.717) is 21.7 Å². The van der Waals surface area contributed by atoms with E-state index in [4.69, 9.17) is 11.6 Å². The predicted molar refractivity (Wildman–Crippen MR) is 65.4 cm³/mol. The molecule has 4 nitrogen and oxygen atoms in total. The maximum absolute atomic E-state index is 11.5. The molecule has 7 heteroatoms. The van der Waals surface area contributed by atoms with Crippen LogP contribution in [0.25, 0.3) is 0 Å². The Bertz CT molecular complexity index is 506. The summed E-state index contributed by atoms with van der Waals surface area (Å²) < 4.78 is 23.7. The van der Waals surface area contributed by atoms with Gasteiger partial charge < -0.3 is 0 Å². The van der Waals surface area contributed by atoms with Crippen LogP contribution in [0.5, 0.6) is 0 Å². The van der Waals surface area contributed by atoms with Crippen LogP contribution in [0.15, 0.2) is 10.5 Å². The van der Waals surface area contributed by atoms with Gasteiger partial charge >= 0.3 is 0 Å². The van der Waals surface area contributed by atoms with E-state index in [1.165, 1.54) is 0 Å². The number of hydrogen-bond donors (Lipinski definition) is 0. The van der Waals surface area contributed by atoms with Crippen molar-refractivity contribution in [2.75, 3.05) is 11.5 Å². The number of halogens is 2. The Morgan fingerprint density at radius 1 is 1.44 bits per heavy atom. The molecule has 1 aliphatic rings. The van der Waals surface area contributed by atoms with Crippen LogP contribution in [-0.2, 0) is 9.84 Å². The molecule has 0 bridgehead atoms. The molecule has 1 fully saturated rings. The molecule has 1 aliphatic heterocycles. The first-order valence-corrected chi connectivity index (χ1v) is 7.86. The molecular formula is C9H10BrClN2O2S. The summed E-state index contributed by atoms with van der Waals surface area (Å²) in [6.45, 7) is 0. The SMILES string of the molecule is O=S1(=O)CCCC(c2cc(Br)c(Cl)nn2)C1. The van der Waals surface area contributed by atoms with Crippen molar-refractivity contribution in [1.82, 2.24) is 10.2 Å². The van der Waals surface area contributed by atoms with E-state index in [-0.39, 0.29) is 17.4 Å². The molecule has 0 amide bonds. The van der Waals surface area contributed by atoms with E-state index in [2.05, 4.69) is 26.1 Å². The third kappa shape index (κ3) is 2.73. The van der Waals surface area contributed by atoms with E-state index < -0.39 is 9.84 Å². The lowest BCUT2D eigenvalue weighted by atomic mass is 10.0. The van der Waals surface area contributed by atoms with Crippen LogP contribution in [0.4, 0.5) is 0 Å². The first kappa shape index (κ1) is 12.3. The van der Waals surface area contributed by atoms with Crippen LogP contribution >= 0.6 is 27.5 Å². The van der Waals surface area contributed by atoms with Gasteiger partial charge in [-0.2, -0.15) is 5.10 Å². The molecule has 0 saturated carbocycles. The predicted octanol–water partition coefficient (Wildman–Crippen LogP) is 2.18. The van der Waals surface area contributed by atoms with Crippen LogP contribution in [-0.4, -0.2) is 30.1 Å². The second kappa shape index (κ2) is 4.58. The minimum atomic E-state index is -2.92. The lowest BCUT2D eigenvalue weighted by Gasteiger charge is -2.20. The van der Waals surface area contributed by atoms with Crippen molar-refractivity contribution in [3.63, 3.8) is 0 Å². The van der Waals surface area contributed by atoms with E-state index in [0.717, 1.165) is 6.42 Å². The Morgan fingerprint density at radius 3 is 2.81 bits per heavy atom. The second-order valence-corrected chi connectivity index (χ2v) is 7.30. The highest BCUT2D eigenvalue weighted by Gasteiger charge is 2.27.